The lowest BCUT2D eigenvalue weighted by atomic mass is 9.83. The number of hydrogen-bond donors (Lipinski definition) is 2. The number of nitrogens with zero attached hydrogens (tertiary/aromatic N) is 1. The van der Waals surface area contributed by atoms with Crippen LogP contribution < -0.4 is 10.6 Å². The van der Waals surface area contributed by atoms with Gasteiger partial charge in [-0.05, 0) is 24.0 Å². The van der Waals surface area contributed by atoms with E-state index in [2.05, 4.69) is 10.6 Å². The molecular weight excluding hydrogens is 258 g/mol. The second-order valence-corrected chi connectivity index (χ2v) is 5.52. The van der Waals surface area contributed by atoms with Crippen LogP contribution in [0.25, 0.3) is 0 Å². The average Bonchev–Trinajstić information content (AvgIpc) is 2.70. The van der Waals surface area contributed by atoms with E-state index in [0.717, 1.165) is 18.9 Å². The van der Waals surface area contributed by atoms with Gasteiger partial charge in [-0.3, -0.25) is 14.9 Å². The Morgan fingerprint density at radius 2 is 2.20 bits per heavy atom. The van der Waals surface area contributed by atoms with E-state index in [-0.39, 0.29) is 18.0 Å². The van der Waals surface area contributed by atoms with Gasteiger partial charge in [0.25, 0.3) is 5.69 Å². The molecule has 1 fully saturated rings. The molecular formula is C14H17N3O3. The van der Waals surface area contributed by atoms with Gasteiger partial charge in [-0.2, -0.15) is 0 Å². The molecule has 0 aromatic heterocycles. The van der Waals surface area contributed by atoms with Crippen molar-refractivity contribution in [3.05, 3.63) is 27.8 Å². The Morgan fingerprint density at radius 1 is 1.40 bits per heavy atom. The van der Waals surface area contributed by atoms with Gasteiger partial charge in [-0.25, -0.2) is 0 Å². The van der Waals surface area contributed by atoms with E-state index >= 15 is 0 Å². The molecule has 6 heteroatoms. The first kappa shape index (κ1) is 12.9. The molecule has 2 N–H and O–H groups in total. The van der Waals surface area contributed by atoms with Crippen molar-refractivity contribution in [3.63, 3.8) is 0 Å². The van der Waals surface area contributed by atoms with Gasteiger partial charge in [0.15, 0.2) is 0 Å². The summed E-state index contributed by atoms with van der Waals surface area (Å²) in [5, 5.41) is 17.0. The third-order valence-electron chi connectivity index (χ3n) is 4.14. The molecule has 0 spiro atoms. The lowest BCUT2D eigenvalue weighted by molar-refractivity contribution is -0.384. The molecule has 1 heterocycles. The number of anilines is 2. The molecule has 0 atom stereocenters. The molecule has 106 valence electrons. The lowest BCUT2D eigenvalue weighted by Crippen LogP contribution is -2.16. The highest BCUT2D eigenvalue weighted by Crippen LogP contribution is 2.35. The van der Waals surface area contributed by atoms with E-state index < -0.39 is 4.92 Å². The summed E-state index contributed by atoms with van der Waals surface area (Å²) in [6.45, 7) is 0.734. The van der Waals surface area contributed by atoms with Gasteiger partial charge in [0, 0.05) is 18.3 Å². The molecule has 1 aromatic carbocycles. The summed E-state index contributed by atoms with van der Waals surface area (Å²) in [6, 6.07) is 3.18. The molecule has 3 rings (SSSR count). The Bertz CT molecular complexity index is 567. The van der Waals surface area contributed by atoms with Crippen LogP contribution in [0.2, 0.25) is 0 Å². The van der Waals surface area contributed by atoms with E-state index in [4.69, 9.17) is 0 Å². The fourth-order valence-electron chi connectivity index (χ4n) is 2.75. The minimum atomic E-state index is -0.394. The fraction of sp³-hybridized carbons (Fsp3) is 0.500. The molecule has 1 aromatic rings. The first-order chi connectivity index (χ1) is 9.63. The zero-order valence-electron chi connectivity index (χ0n) is 11.1. The second-order valence-electron chi connectivity index (χ2n) is 5.52. The molecule has 2 aliphatic rings. The van der Waals surface area contributed by atoms with Crippen molar-refractivity contribution in [2.24, 2.45) is 5.92 Å². The van der Waals surface area contributed by atoms with Crippen LogP contribution in [0.4, 0.5) is 17.1 Å². The highest BCUT2D eigenvalue weighted by atomic mass is 16.6. The van der Waals surface area contributed by atoms with Crippen LogP contribution in [0.1, 0.15) is 31.2 Å². The molecule has 1 saturated carbocycles. The lowest BCUT2D eigenvalue weighted by Gasteiger charge is -2.25. The molecule has 1 amide bonds. The van der Waals surface area contributed by atoms with E-state index in [0.29, 0.717) is 16.9 Å². The Balaban J connectivity index is 1.75. The molecule has 0 radical (unpaired) electrons. The van der Waals surface area contributed by atoms with Gasteiger partial charge >= 0.3 is 0 Å². The molecule has 1 aliphatic heterocycles. The summed E-state index contributed by atoms with van der Waals surface area (Å²) in [6.07, 6.45) is 5.10. The summed E-state index contributed by atoms with van der Waals surface area (Å²) in [5.74, 6) is 0.650. The van der Waals surface area contributed by atoms with E-state index in [1.807, 2.05) is 0 Å². The van der Waals surface area contributed by atoms with Crippen LogP contribution in [0.3, 0.4) is 0 Å². The quantitative estimate of drug-likeness (QED) is 0.639. The molecule has 1 aliphatic carbocycles. The largest absolute Gasteiger partial charge is 0.379 e. The normalized spacial score (nSPS) is 17.3. The average molecular weight is 275 g/mol. The molecule has 6 nitrogen and oxygen atoms in total. The number of carbonyl (C=O) groups excluding carboxylic acids is 1. The molecule has 0 unspecified atom stereocenters. The molecule has 0 bridgehead atoms. The third-order valence-corrected chi connectivity index (χ3v) is 4.14. The SMILES string of the molecule is O=C1Cc2cc([N+](=O)[O-])c(NCCC3CCC3)cc2N1. The Morgan fingerprint density at radius 3 is 2.85 bits per heavy atom. The van der Waals surface area contributed by atoms with Gasteiger partial charge in [0.05, 0.1) is 11.3 Å². The third kappa shape index (κ3) is 2.45. The number of rotatable bonds is 5. The summed E-state index contributed by atoms with van der Waals surface area (Å²) >= 11 is 0. The first-order valence-electron chi connectivity index (χ1n) is 6.98. The zero-order valence-corrected chi connectivity index (χ0v) is 11.1. The van der Waals surface area contributed by atoms with Gasteiger partial charge in [-0.15, -0.1) is 0 Å². The fourth-order valence-corrected chi connectivity index (χ4v) is 2.75. The standard InChI is InChI=1S/C14H17N3O3/c18-14-7-10-6-13(17(19)20)12(8-11(10)16-14)15-5-4-9-2-1-3-9/h6,8-9,15H,1-5,7H2,(H,16,18). The van der Waals surface area contributed by atoms with Crippen molar-refractivity contribution in [2.75, 3.05) is 17.2 Å². The smallest absolute Gasteiger partial charge is 0.292 e. The number of hydrogen-bond acceptors (Lipinski definition) is 4. The Kier molecular flexibility index (Phi) is 3.30. The summed E-state index contributed by atoms with van der Waals surface area (Å²) < 4.78 is 0. The van der Waals surface area contributed by atoms with E-state index in [9.17, 15) is 14.9 Å². The maximum absolute atomic E-state index is 11.3. The predicted molar refractivity (Wildman–Crippen MR) is 75.9 cm³/mol. The van der Waals surface area contributed by atoms with Crippen molar-refractivity contribution in [3.8, 4) is 0 Å². The van der Waals surface area contributed by atoms with Gasteiger partial charge in [-0.1, -0.05) is 19.3 Å². The molecule has 0 saturated heterocycles. The van der Waals surface area contributed by atoms with Crippen LogP contribution >= 0.6 is 0 Å². The van der Waals surface area contributed by atoms with Crippen molar-refractivity contribution >= 4 is 23.0 Å². The minimum Gasteiger partial charge on any atom is -0.379 e. The Hall–Kier alpha value is -2.11. The van der Waals surface area contributed by atoms with Crippen LogP contribution in [0, 0.1) is 16.0 Å². The van der Waals surface area contributed by atoms with Crippen molar-refractivity contribution < 1.29 is 9.72 Å². The number of nitro groups is 1. The van der Waals surface area contributed by atoms with Crippen molar-refractivity contribution in [1.82, 2.24) is 0 Å². The minimum absolute atomic E-state index is 0.0499. The van der Waals surface area contributed by atoms with Crippen LogP contribution in [0.15, 0.2) is 12.1 Å². The van der Waals surface area contributed by atoms with Crippen LogP contribution in [-0.4, -0.2) is 17.4 Å². The second kappa shape index (κ2) is 5.11. The number of benzene rings is 1. The van der Waals surface area contributed by atoms with Gasteiger partial charge in [0.1, 0.15) is 5.69 Å². The first-order valence-corrected chi connectivity index (χ1v) is 6.98. The topological polar surface area (TPSA) is 84.3 Å². The van der Waals surface area contributed by atoms with Crippen molar-refractivity contribution in [1.29, 1.82) is 0 Å². The Labute approximate surface area is 116 Å². The van der Waals surface area contributed by atoms with Gasteiger partial charge in [0.2, 0.25) is 5.91 Å². The molecule has 20 heavy (non-hydrogen) atoms. The summed E-state index contributed by atoms with van der Waals surface area (Å²) in [5.41, 5.74) is 1.93. The van der Waals surface area contributed by atoms with Crippen molar-refractivity contribution in [2.45, 2.75) is 32.1 Å². The summed E-state index contributed by atoms with van der Waals surface area (Å²) in [7, 11) is 0. The van der Waals surface area contributed by atoms with Crippen LogP contribution in [0.5, 0.6) is 0 Å². The number of nitro benzene ring substituents is 1. The highest BCUT2D eigenvalue weighted by Gasteiger charge is 2.24. The number of carbonyl (C=O) groups is 1. The van der Waals surface area contributed by atoms with Crippen LogP contribution in [-0.2, 0) is 11.2 Å². The monoisotopic (exact) mass is 275 g/mol. The number of fused-ring (bicyclic) bond motifs is 1. The van der Waals surface area contributed by atoms with E-state index in [1.165, 1.54) is 25.3 Å². The zero-order chi connectivity index (χ0) is 14.1. The number of amides is 1. The van der Waals surface area contributed by atoms with Gasteiger partial charge < -0.3 is 10.6 Å². The number of nitrogens with one attached hydrogen (secondary N) is 2. The maximum Gasteiger partial charge on any atom is 0.292 e. The highest BCUT2D eigenvalue weighted by molar-refractivity contribution is 6.00. The maximum atomic E-state index is 11.3. The summed E-state index contributed by atoms with van der Waals surface area (Å²) in [4.78, 5) is 22.1. The van der Waals surface area contributed by atoms with E-state index in [1.54, 1.807) is 6.07 Å². The predicted octanol–water partition coefficient (Wildman–Crippen LogP) is 2.69.